The predicted octanol–water partition coefficient (Wildman–Crippen LogP) is 2.81. The fraction of sp³-hybridized carbons (Fsp3) is 0.750. The molecular weight excluding hydrogens is 300 g/mol. The van der Waals surface area contributed by atoms with Gasteiger partial charge in [0, 0.05) is 25.0 Å². The standard InChI is InChI=1S/C16H26N2O3S/c1-12(2)16-17-13(11-22-16)8-18(3)15(19)10-20-9-14-6-4-5-7-21-14/h11-12,14H,4-10H2,1-3H3/t14-/m1/s1. The normalized spacial score (nSPS) is 18.6. The average Bonchev–Trinajstić information content (AvgIpc) is 2.97. The third-order valence-electron chi connectivity index (χ3n) is 3.69. The average molecular weight is 326 g/mol. The molecular formula is C16H26N2O3S. The maximum absolute atomic E-state index is 12.1. The van der Waals surface area contributed by atoms with Crippen LogP contribution in [0.1, 0.15) is 49.7 Å². The Kier molecular flexibility index (Phi) is 6.79. The summed E-state index contributed by atoms with van der Waals surface area (Å²) in [6.07, 6.45) is 3.49. The van der Waals surface area contributed by atoms with Gasteiger partial charge in [-0.05, 0) is 19.3 Å². The fourth-order valence-corrected chi connectivity index (χ4v) is 3.14. The van der Waals surface area contributed by atoms with Crippen LogP contribution in [0.5, 0.6) is 0 Å². The van der Waals surface area contributed by atoms with Gasteiger partial charge in [0.15, 0.2) is 0 Å². The van der Waals surface area contributed by atoms with E-state index in [9.17, 15) is 4.79 Å². The van der Waals surface area contributed by atoms with Crippen LogP contribution in [0.3, 0.4) is 0 Å². The van der Waals surface area contributed by atoms with Crippen LogP contribution in [0, 0.1) is 0 Å². The van der Waals surface area contributed by atoms with E-state index < -0.39 is 0 Å². The number of rotatable bonds is 7. The quantitative estimate of drug-likeness (QED) is 0.773. The van der Waals surface area contributed by atoms with E-state index in [0.29, 0.717) is 19.1 Å². The van der Waals surface area contributed by atoms with Gasteiger partial charge in [0.1, 0.15) is 6.61 Å². The Bertz CT molecular complexity index is 470. The van der Waals surface area contributed by atoms with Crippen molar-refractivity contribution in [3.63, 3.8) is 0 Å². The Morgan fingerprint density at radius 3 is 3.00 bits per heavy atom. The summed E-state index contributed by atoms with van der Waals surface area (Å²) >= 11 is 1.65. The highest BCUT2D eigenvalue weighted by molar-refractivity contribution is 7.09. The molecule has 0 aromatic carbocycles. The Morgan fingerprint density at radius 1 is 1.55 bits per heavy atom. The molecule has 0 saturated carbocycles. The first-order chi connectivity index (χ1) is 10.6. The lowest BCUT2D eigenvalue weighted by Crippen LogP contribution is -2.32. The molecule has 0 unspecified atom stereocenters. The molecule has 124 valence electrons. The Labute approximate surface area is 136 Å². The molecule has 0 spiro atoms. The van der Waals surface area contributed by atoms with Crippen molar-refractivity contribution in [1.29, 1.82) is 0 Å². The molecule has 22 heavy (non-hydrogen) atoms. The molecule has 0 bridgehead atoms. The number of ether oxygens (including phenoxy) is 2. The molecule has 1 aliphatic rings. The summed E-state index contributed by atoms with van der Waals surface area (Å²) in [5.41, 5.74) is 0.945. The number of hydrogen-bond acceptors (Lipinski definition) is 5. The first kappa shape index (κ1) is 17.4. The highest BCUT2D eigenvalue weighted by Gasteiger charge is 2.16. The van der Waals surface area contributed by atoms with Crippen molar-refractivity contribution in [3.05, 3.63) is 16.1 Å². The van der Waals surface area contributed by atoms with Crippen molar-refractivity contribution in [3.8, 4) is 0 Å². The molecule has 2 heterocycles. The summed E-state index contributed by atoms with van der Waals surface area (Å²) in [6.45, 7) is 6.21. The minimum Gasteiger partial charge on any atom is -0.376 e. The van der Waals surface area contributed by atoms with Crippen molar-refractivity contribution < 1.29 is 14.3 Å². The lowest BCUT2D eigenvalue weighted by Gasteiger charge is -2.23. The summed E-state index contributed by atoms with van der Waals surface area (Å²) in [7, 11) is 1.79. The Morgan fingerprint density at radius 2 is 2.36 bits per heavy atom. The molecule has 1 amide bonds. The van der Waals surface area contributed by atoms with Crippen LogP contribution < -0.4 is 0 Å². The number of amides is 1. The maximum Gasteiger partial charge on any atom is 0.248 e. The zero-order valence-corrected chi connectivity index (χ0v) is 14.5. The lowest BCUT2D eigenvalue weighted by molar-refractivity contribution is -0.137. The number of likely N-dealkylation sites (N-methyl/N-ethyl adjacent to an activating group) is 1. The molecule has 0 aliphatic carbocycles. The molecule has 1 atom stereocenters. The zero-order chi connectivity index (χ0) is 15.9. The largest absolute Gasteiger partial charge is 0.376 e. The van der Waals surface area contributed by atoms with Crippen LogP contribution >= 0.6 is 11.3 Å². The second kappa shape index (κ2) is 8.60. The molecule has 1 aromatic heterocycles. The van der Waals surface area contributed by atoms with E-state index in [1.807, 2.05) is 5.38 Å². The second-order valence-electron chi connectivity index (χ2n) is 6.09. The van der Waals surface area contributed by atoms with E-state index in [-0.39, 0.29) is 18.6 Å². The van der Waals surface area contributed by atoms with Gasteiger partial charge < -0.3 is 14.4 Å². The highest BCUT2D eigenvalue weighted by Crippen LogP contribution is 2.19. The summed E-state index contributed by atoms with van der Waals surface area (Å²) in [5.74, 6) is 0.411. The molecule has 2 rings (SSSR count). The van der Waals surface area contributed by atoms with E-state index >= 15 is 0 Å². The SMILES string of the molecule is CC(C)c1nc(CN(C)C(=O)COC[C@H]2CCCCO2)cs1. The van der Waals surface area contributed by atoms with Crippen LogP contribution in [-0.4, -0.2) is 48.8 Å². The maximum atomic E-state index is 12.1. The van der Waals surface area contributed by atoms with E-state index in [4.69, 9.17) is 9.47 Å². The smallest absolute Gasteiger partial charge is 0.248 e. The number of aromatic nitrogens is 1. The van der Waals surface area contributed by atoms with Crippen LogP contribution in [0.2, 0.25) is 0 Å². The number of carbonyl (C=O) groups excluding carboxylic acids is 1. The molecule has 6 heteroatoms. The van der Waals surface area contributed by atoms with Gasteiger partial charge in [-0.1, -0.05) is 13.8 Å². The van der Waals surface area contributed by atoms with Crippen molar-refractivity contribution >= 4 is 17.2 Å². The number of carbonyl (C=O) groups is 1. The lowest BCUT2D eigenvalue weighted by atomic mass is 10.1. The van der Waals surface area contributed by atoms with Gasteiger partial charge >= 0.3 is 0 Å². The summed E-state index contributed by atoms with van der Waals surface area (Å²) < 4.78 is 11.1. The third kappa shape index (κ3) is 5.34. The van der Waals surface area contributed by atoms with Gasteiger partial charge in [-0.2, -0.15) is 0 Å². The molecule has 1 saturated heterocycles. The van der Waals surface area contributed by atoms with E-state index in [1.165, 1.54) is 6.42 Å². The topological polar surface area (TPSA) is 51.7 Å². The van der Waals surface area contributed by atoms with Crippen molar-refractivity contribution in [2.24, 2.45) is 0 Å². The number of hydrogen-bond donors (Lipinski definition) is 0. The molecule has 5 nitrogen and oxygen atoms in total. The van der Waals surface area contributed by atoms with E-state index in [2.05, 4.69) is 18.8 Å². The minimum atomic E-state index is -0.0186. The molecule has 1 aliphatic heterocycles. The van der Waals surface area contributed by atoms with Gasteiger partial charge in [-0.15, -0.1) is 11.3 Å². The first-order valence-corrected chi connectivity index (χ1v) is 8.82. The van der Waals surface area contributed by atoms with Crippen molar-refractivity contribution in [1.82, 2.24) is 9.88 Å². The molecule has 0 radical (unpaired) electrons. The van der Waals surface area contributed by atoms with Crippen LogP contribution in [0.25, 0.3) is 0 Å². The Hall–Kier alpha value is -0.980. The van der Waals surface area contributed by atoms with Gasteiger partial charge in [-0.25, -0.2) is 4.98 Å². The van der Waals surface area contributed by atoms with Crippen molar-refractivity contribution in [2.75, 3.05) is 26.9 Å². The van der Waals surface area contributed by atoms with Gasteiger partial charge in [0.05, 0.1) is 30.0 Å². The number of nitrogens with zero attached hydrogens (tertiary/aromatic N) is 2. The van der Waals surface area contributed by atoms with Crippen LogP contribution in [0.15, 0.2) is 5.38 Å². The van der Waals surface area contributed by atoms with Crippen LogP contribution in [0.4, 0.5) is 0 Å². The van der Waals surface area contributed by atoms with Gasteiger partial charge in [0.25, 0.3) is 0 Å². The zero-order valence-electron chi connectivity index (χ0n) is 13.7. The van der Waals surface area contributed by atoms with Crippen molar-refractivity contribution in [2.45, 2.75) is 51.7 Å². The highest BCUT2D eigenvalue weighted by atomic mass is 32.1. The Balaban J connectivity index is 1.69. The summed E-state index contributed by atoms with van der Waals surface area (Å²) in [6, 6.07) is 0. The predicted molar refractivity (Wildman–Crippen MR) is 87.1 cm³/mol. The van der Waals surface area contributed by atoms with E-state index in [1.54, 1.807) is 23.3 Å². The first-order valence-electron chi connectivity index (χ1n) is 7.94. The third-order valence-corrected chi connectivity index (χ3v) is 4.89. The number of thiazole rings is 1. The van der Waals surface area contributed by atoms with Gasteiger partial charge in [-0.3, -0.25) is 4.79 Å². The summed E-state index contributed by atoms with van der Waals surface area (Å²) in [5, 5.41) is 3.14. The van der Waals surface area contributed by atoms with E-state index in [0.717, 1.165) is 30.2 Å². The molecule has 1 fully saturated rings. The van der Waals surface area contributed by atoms with Crippen LogP contribution in [-0.2, 0) is 20.8 Å². The summed E-state index contributed by atoms with van der Waals surface area (Å²) in [4.78, 5) is 18.3. The molecule has 0 N–H and O–H groups in total. The fourth-order valence-electron chi connectivity index (χ4n) is 2.32. The second-order valence-corrected chi connectivity index (χ2v) is 6.97. The monoisotopic (exact) mass is 326 g/mol. The molecule has 1 aromatic rings. The minimum absolute atomic E-state index is 0.0186. The van der Waals surface area contributed by atoms with Gasteiger partial charge in [0.2, 0.25) is 5.91 Å².